The molecule has 1 heterocycles. The topological polar surface area (TPSA) is 72.5 Å². The summed E-state index contributed by atoms with van der Waals surface area (Å²) in [6, 6.07) is 10.2. The van der Waals surface area contributed by atoms with Gasteiger partial charge < -0.3 is 10.1 Å². The summed E-state index contributed by atoms with van der Waals surface area (Å²) in [7, 11) is 0. The third-order valence-electron chi connectivity index (χ3n) is 3.06. The van der Waals surface area contributed by atoms with E-state index in [1.54, 1.807) is 30.3 Å². The lowest BCUT2D eigenvalue weighted by Gasteiger charge is -2.06. The Morgan fingerprint density at radius 2 is 1.79 bits per heavy atom. The second-order valence-electron chi connectivity index (χ2n) is 5.05. The summed E-state index contributed by atoms with van der Waals surface area (Å²) in [4.78, 5) is 36.8. The van der Waals surface area contributed by atoms with Gasteiger partial charge in [0.05, 0.1) is 11.3 Å². The quantitative estimate of drug-likeness (QED) is 0.597. The summed E-state index contributed by atoms with van der Waals surface area (Å²) in [6.45, 7) is 1.52. The molecule has 0 aliphatic heterocycles. The van der Waals surface area contributed by atoms with E-state index in [-0.39, 0.29) is 18.6 Å². The fourth-order valence-electron chi connectivity index (χ4n) is 1.87. The van der Waals surface area contributed by atoms with Crippen molar-refractivity contribution in [3.63, 3.8) is 0 Å². The highest BCUT2D eigenvalue weighted by molar-refractivity contribution is 7.14. The number of carbonyl (C=O) groups is 3. The van der Waals surface area contributed by atoms with E-state index in [0.717, 1.165) is 4.88 Å². The molecule has 0 aliphatic rings. The summed E-state index contributed by atoms with van der Waals surface area (Å²) in [5.41, 5.74) is 0.559. The first-order valence-electron chi connectivity index (χ1n) is 7.25. The zero-order valence-corrected chi connectivity index (χ0v) is 14.6. The Hall–Kier alpha value is -2.18. The summed E-state index contributed by atoms with van der Waals surface area (Å²) in [6.07, 6.45) is 0.0155. The van der Waals surface area contributed by atoms with Crippen LogP contribution in [-0.4, -0.2) is 24.3 Å². The van der Waals surface area contributed by atoms with Crippen LogP contribution in [0, 0.1) is 6.92 Å². The van der Waals surface area contributed by atoms with Gasteiger partial charge >= 0.3 is 5.97 Å². The van der Waals surface area contributed by atoms with Crippen LogP contribution in [0.25, 0.3) is 0 Å². The van der Waals surface area contributed by atoms with Crippen LogP contribution in [0.1, 0.15) is 27.4 Å². The van der Waals surface area contributed by atoms with Gasteiger partial charge in [-0.25, -0.2) is 0 Å². The van der Waals surface area contributed by atoms with Gasteiger partial charge in [0.1, 0.15) is 0 Å². The Bertz CT molecular complexity index is 739. The molecule has 7 heteroatoms. The number of halogens is 1. The first kappa shape index (κ1) is 18.2. The van der Waals surface area contributed by atoms with Crippen LogP contribution in [0.3, 0.4) is 0 Å². The molecule has 2 aromatic rings. The van der Waals surface area contributed by atoms with Crippen molar-refractivity contribution in [3.8, 4) is 0 Å². The fourth-order valence-corrected chi connectivity index (χ4v) is 2.83. The summed E-state index contributed by atoms with van der Waals surface area (Å²) in [5, 5.41) is 3.14. The predicted molar refractivity (Wildman–Crippen MR) is 93.7 cm³/mol. The second kappa shape index (κ2) is 8.61. The molecule has 1 amide bonds. The van der Waals surface area contributed by atoms with E-state index in [2.05, 4.69) is 5.32 Å². The van der Waals surface area contributed by atoms with Gasteiger partial charge in [-0.3, -0.25) is 14.4 Å². The summed E-state index contributed by atoms with van der Waals surface area (Å²) in [5.74, 6) is -1.13. The Morgan fingerprint density at radius 1 is 1.08 bits per heavy atom. The zero-order chi connectivity index (χ0) is 17.5. The number of nitrogens with one attached hydrogen (secondary N) is 1. The number of hydrogen-bond acceptors (Lipinski definition) is 5. The van der Waals surface area contributed by atoms with E-state index in [1.165, 1.54) is 11.3 Å². The lowest BCUT2D eigenvalue weighted by Crippen LogP contribution is -2.21. The largest absolute Gasteiger partial charge is 0.456 e. The molecule has 1 N–H and O–H groups in total. The van der Waals surface area contributed by atoms with Crippen molar-refractivity contribution in [3.05, 3.63) is 51.2 Å². The number of hydrogen-bond donors (Lipinski definition) is 1. The van der Waals surface area contributed by atoms with Crippen LogP contribution >= 0.6 is 22.9 Å². The van der Waals surface area contributed by atoms with Crippen LogP contribution in [-0.2, 0) is 14.3 Å². The fraction of sp³-hybridized carbons (Fsp3) is 0.235. The van der Waals surface area contributed by atoms with E-state index in [9.17, 15) is 14.4 Å². The maximum atomic E-state index is 11.9. The molecule has 1 aromatic carbocycles. The van der Waals surface area contributed by atoms with E-state index in [4.69, 9.17) is 16.3 Å². The lowest BCUT2D eigenvalue weighted by molar-refractivity contribution is -0.147. The number of aryl methyl sites for hydroxylation is 1. The lowest BCUT2D eigenvalue weighted by atomic mass is 10.2. The van der Waals surface area contributed by atoms with Gasteiger partial charge in [-0.1, -0.05) is 11.6 Å². The van der Waals surface area contributed by atoms with Crippen molar-refractivity contribution < 1.29 is 19.1 Å². The minimum Gasteiger partial charge on any atom is -0.456 e. The molecule has 0 spiro atoms. The molecule has 0 radical (unpaired) electrons. The highest BCUT2D eigenvalue weighted by atomic mass is 35.5. The normalized spacial score (nSPS) is 10.2. The van der Waals surface area contributed by atoms with Crippen molar-refractivity contribution in [2.24, 2.45) is 0 Å². The zero-order valence-electron chi connectivity index (χ0n) is 13.0. The average Bonchev–Trinajstić information content (AvgIpc) is 2.99. The molecule has 126 valence electrons. The first-order chi connectivity index (χ1) is 11.4. The molecule has 2 rings (SSSR count). The molecule has 0 saturated carbocycles. The van der Waals surface area contributed by atoms with Crippen LogP contribution < -0.4 is 5.32 Å². The highest BCUT2D eigenvalue weighted by Crippen LogP contribution is 2.17. The van der Waals surface area contributed by atoms with Crippen molar-refractivity contribution in [1.82, 2.24) is 0 Å². The number of Topliss-reactive ketones (excluding diaryl/α,β-unsaturated/α-hetero) is 1. The molecule has 24 heavy (non-hydrogen) atoms. The molecule has 0 fully saturated rings. The summed E-state index contributed by atoms with van der Waals surface area (Å²) < 4.78 is 4.87. The average molecular weight is 366 g/mol. The van der Waals surface area contributed by atoms with Gasteiger partial charge in [-0.05, 0) is 43.3 Å². The van der Waals surface area contributed by atoms with Crippen molar-refractivity contribution in [1.29, 1.82) is 0 Å². The predicted octanol–water partition coefficient (Wildman–Crippen LogP) is 3.85. The van der Waals surface area contributed by atoms with E-state index in [1.807, 2.05) is 13.0 Å². The standard InChI is InChI=1S/C17H16ClNO4S/c1-11-2-8-15(24-11)14(20)7-9-17(22)23-10-16(21)19-13-5-3-12(18)4-6-13/h2-6,8H,7,9-10H2,1H3,(H,19,21). The highest BCUT2D eigenvalue weighted by Gasteiger charge is 2.13. The van der Waals surface area contributed by atoms with Gasteiger partial charge in [0.25, 0.3) is 5.91 Å². The van der Waals surface area contributed by atoms with Gasteiger partial charge in [0, 0.05) is 22.0 Å². The molecular formula is C17H16ClNO4S. The van der Waals surface area contributed by atoms with Crippen LogP contribution in [0.5, 0.6) is 0 Å². The summed E-state index contributed by atoms with van der Waals surface area (Å²) >= 11 is 7.14. The Labute approximate surface area is 148 Å². The number of thiophene rings is 1. The number of benzene rings is 1. The SMILES string of the molecule is Cc1ccc(C(=O)CCC(=O)OCC(=O)Nc2ccc(Cl)cc2)s1. The van der Waals surface area contributed by atoms with Gasteiger partial charge in [0.15, 0.2) is 12.4 Å². The first-order valence-corrected chi connectivity index (χ1v) is 8.44. The molecule has 1 aromatic heterocycles. The monoisotopic (exact) mass is 365 g/mol. The molecule has 5 nitrogen and oxygen atoms in total. The molecule has 0 atom stereocenters. The number of carbonyl (C=O) groups excluding carboxylic acids is 3. The van der Waals surface area contributed by atoms with Gasteiger partial charge in [-0.15, -0.1) is 11.3 Å². The minimum absolute atomic E-state index is 0.0516. The number of ketones is 1. The van der Waals surface area contributed by atoms with E-state index < -0.39 is 18.5 Å². The number of ether oxygens (including phenoxy) is 1. The number of anilines is 1. The Kier molecular flexibility index (Phi) is 6.52. The maximum Gasteiger partial charge on any atom is 0.306 e. The van der Waals surface area contributed by atoms with E-state index >= 15 is 0 Å². The molecular weight excluding hydrogens is 350 g/mol. The van der Waals surface area contributed by atoms with Crippen LogP contribution in [0.15, 0.2) is 36.4 Å². The van der Waals surface area contributed by atoms with E-state index in [0.29, 0.717) is 15.6 Å². The third kappa shape index (κ3) is 5.79. The smallest absolute Gasteiger partial charge is 0.306 e. The van der Waals surface area contributed by atoms with Crippen molar-refractivity contribution >= 4 is 46.3 Å². The van der Waals surface area contributed by atoms with Crippen LogP contribution in [0.4, 0.5) is 5.69 Å². The second-order valence-corrected chi connectivity index (χ2v) is 6.77. The third-order valence-corrected chi connectivity index (χ3v) is 4.36. The molecule has 0 bridgehead atoms. The maximum absolute atomic E-state index is 11.9. The molecule has 0 unspecified atom stereocenters. The van der Waals surface area contributed by atoms with Gasteiger partial charge in [0.2, 0.25) is 0 Å². The molecule has 0 saturated heterocycles. The molecule has 0 aliphatic carbocycles. The Morgan fingerprint density at radius 3 is 2.42 bits per heavy atom. The van der Waals surface area contributed by atoms with Gasteiger partial charge in [-0.2, -0.15) is 0 Å². The number of rotatable bonds is 7. The van der Waals surface area contributed by atoms with Crippen molar-refractivity contribution in [2.45, 2.75) is 19.8 Å². The minimum atomic E-state index is -0.581. The van der Waals surface area contributed by atoms with Crippen molar-refractivity contribution in [2.75, 3.05) is 11.9 Å². The Balaban J connectivity index is 1.69. The van der Waals surface area contributed by atoms with Crippen LogP contribution in [0.2, 0.25) is 5.02 Å². The number of amides is 1. The number of esters is 1.